The summed E-state index contributed by atoms with van der Waals surface area (Å²) in [4.78, 5) is 18.9. The van der Waals surface area contributed by atoms with Gasteiger partial charge in [-0.1, -0.05) is 24.3 Å². The number of thiazole rings is 1. The zero-order valence-electron chi connectivity index (χ0n) is 21.1. The number of para-hydroxylation sites is 1. The monoisotopic (exact) mass is 540 g/mol. The maximum absolute atomic E-state index is 14.1. The van der Waals surface area contributed by atoms with E-state index in [1.165, 1.54) is 11.3 Å². The van der Waals surface area contributed by atoms with Crippen LogP contribution >= 0.6 is 11.3 Å². The van der Waals surface area contributed by atoms with E-state index in [2.05, 4.69) is 0 Å². The molecular formula is C31H28N2O5S. The van der Waals surface area contributed by atoms with Crippen LogP contribution in [0.25, 0.3) is 10.2 Å². The number of hydrogen-bond acceptors (Lipinski definition) is 8. The van der Waals surface area contributed by atoms with Gasteiger partial charge in [0.05, 0.1) is 28.3 Å². The van der Waals surface area contributed by atoms with E-state index in [1.807, 2.05) is 42.5 Å². The van der Waals surface area contributed by atoms with Gasteiger partial charge in [-0.25, -0.2) is 4.98 Å². The first-order valence-corrected chi connectivity index (χ1v) is 13.4. The quantitative estimate of drug-likeness (QED) is 0.130. The fourth-order valence-corrected chi connectivity index (χ4v) is 5.29. The van der Waals surface area contributed by atoms with Gasteiger partial charge in [-0.05, 0) is 85.6 Å². The highest BCUT2D eigenvalue weighted by Gasteiger charge is 2.28. The number of nitrogens with zero attached hydrogens (tertiary/aromatic N) is 1. The zero-order chi connectivity index (χ0) is 27.2. The van der Waals surface area contributed by atoms with Crippen molar-refractivity contribution in [2.45, 2.75) is 18.8 Å². The molecule has 1 unspecified atom stereocenters. The minimum atomic E-state index is -0.562. The Labute approximate surface area is 230 Å². The Bertz CT molecular complexity index is 1560. The third kappa shape index (κ3) is 6.37. The Balaban J connectivity index is 1.48. The number of carbonyl (C=O) groups excluding carboxylic acids is 1. The third-order valence-electron chi connectivity index (χ3n) is 6.20. The Morgan fingerprint density at radius 3 is 2.33 bits per heavy atom. The average Bonchev–Trinajstić information content (AvgIpc) is 3.37. The fraction of sp³-hybridized carbons (Fsp3) is 0.161. The van der Waals surface area contributed by atoms with Gasteiger partial charge in [-0.3, -0.25) is 4.79 Å². The number of hydrogen-bond donors (Lipinski definition) is 3. The second-order valence-electron chi connectivity index (χ2n) is 9.05. The predicted octanol–water partition coefficient (Wildman–Crippen LogP) is 6.44. The van der Waals surface area contributed by atoms with Crippen molar-refractivity contribution >= 4 is 27.3 Å². The maximum atomic E-state index is 14.1. The number of aromatic nitrogens is 1. The van der Waals surface area contributed by atoms with Crippen LogP contribution in [-0.2, 0) is 6.42 Å². The number of nitrogens with two attached hydrogens (primary N) is 1. The van der Waals surface area contributed by atoms with Gasteiger partial charge in [0.25, 0.3) is 0 Å². The summed E-state index contributed by atoms with van der Waals surface area (Å²) < 4.78 is 12.7. The lowest BCUT2D eigenvalue weighted by molar-refractivity contribution is 0.0954. The minimum absolute atomic E-state index is 0.0916. The van der Waals surface area contributed by atoms with Gasteiger partial charge in [-0.2, -0.15) is 0 Å². The molecule has 1 atom stereocenters. The van der Waals surface area contributed by atoms with Crippen molar-refractivity contribution in [3.63, 3.8) is 0 Å². The van der Waals surface area contributed by atoms with E-state index in [9.17, 15) is 15.0 Å². The number of Topliss-reactive ketones (excluding diaryl/α,β-unsaturated/α-hetero) is 1. The predicted molar refractivity (Wildman–Crippen MR) is 152 cm³/mol. The van der Waals surface area contributed by atoms with Gasteiger partial charge >= 0.3 is 0 Å². The molecule has 0 radical (unpaired) electrons. The van der Waals surface area contributed by atoms with Crippen LogP contribution in [0.1, 0.15) is 33.3 Å². The van der Waals surface area contributed by atoms with Gasteiger partial charge in [0.15, 0.2) is 5.78 Å². The Kier molecular flexibility index (Phi) is 8.05. The van der Waals surface area contributed by atoms with Crippen molar-refractivity contribution in [1.29, 1.82) is 0 Å². The number of aromatic hydroxyl groups is 2. The second kappa shape index (κ2) is 12.0. The van der Waals surface area contributed by atoms with Crippen LogP contribution in [0, 0.1) is 0 Å². The van der Waals surface area contributed by atoms with Gasteiger partial charge in [0, 0.05) is 6.07 Å². The number of ketones is 1. The van der Waals surface area contributed by atoms with Crippen LogP contribution in [0.3, 0.4) is 0 Å². The molecule has 0 aliphatic rings. The molecule has 4 aromatic carbocycles. The molecule has 0 aliphatic heterocycles. The van der Waals surface area contributed by atoms with E-state index < -0.39 is 5.92 Å². The lowest BCUT2D eigenvalue weighted by Crippen LogP contribution is -2.17. The van der Waals surface area contributed by atoms with Crippen LogP contribution in [0.5, 0.6) is 28.7 Å². The molecule has 4 N–H and O–H groups in total. The molecule has 198 valence electrons. The first-order chi connectivity index (χ1) is 19.0. The smallest absolute Gasteiger partial charge is 0.176 e. The summed E-state index contributed by atoms with van der Waals surface area (Å²) >= 11 is 1.45. The standard InChI is InChI=1S/C31H28N2O5S/c32-16-3-17-37-28-5-2-1-4-25(28)30(36)26(18-20-6-8-21(34)9-7-20)31-33-27-15-14-24(19-29(27)39-31)38-23-12-10-22(35)11-13-23/h1-2,4-15,19,26,34-35H,3,16-18,32H2. The van der Waals surface area contributed by atoms with E-state index in [-0.39, 0.29) is 17.3 Å². The Morgan fingerprint density at radius 2 is 1.59 bits per heavy atom. The van der Waals surface area contributed by atoms with Crippen LogP contribution in [0.15, 0.2) is 91.0 Å². The summed E-state index contributed by atoms with van der Waals surface area (Å²) in [5.41, 5.74) is 7.79. The normalized spacial score (nSPS) is 11.8. The molecular weight excluding hydrogens is 512 g/mol. The van der Waals surface area contributed by atoms with Crippen LogP contribution in [-0.4, -0.2) is 34.1 Å². The molecule has 5 aromatic rings. The Morgan fingerprint density at radius 1 is 0.897 bits per heavy atom. The molecule has 0 aliphatic carbocycles. The first kappa shape index (κ1) is 26.2. The summed E-state index contributed by atoms with van der Waals surface area (Å²) in [5, 5.41) is 20.0. The van der Waals surface area contributed by atoms with Crippen molar-refractivity contribution < 1.29 is 24.5 Å². The van der Waals surface area contributed by atoms with Gasteiger partial charge in [0.2, 0.25) is 0 Å². The van der Waals surface area contributed by atoms with Crippen LogP contribution in [0.4, 0.5) is 0 Å². The fourth-order valence-electron chi connectivity index (χ4n) is 4.19. The van der Waals surface area contributed by atoms with Crippen molar-refractivity contribution in [2.75, 3.05) is 13.2 Å². The van der Waals surface area contributed by atoms with Gasteiger partial charge < -0.3 is 25.4 Å². The molecule has 0 spiro atoms. The molecule has 7 nitrogen and oxygen atoms in total. The minimum Gasteiger partial charge on any atom is -0.508 e. The summed E-state index contributed by atoms with van der Waals surface area (Å²) in [7, 11) is 0. The molecule has 0 saturated heterocycles. The van der Waals surface area contributed by atoms with E-state index in [0.717, 1.165) is 15.8 Å². The number of rotatable bonds is 11. The zero-order valence-corrected chi connectivity index (χ0v) is 21.9. The lowest BCUT2D eigenvalue weighted by atomic mass is 9.91. The molecule has 5 rings (SSSR count). The summed E-state index contributed by atoms with van der Waals surface area (Å²) in [6.45, 7) is 0.929. The van der Waals surface area contributed by atoms with Crippen molar-refractivity contribution in [1.82, 2.24) is 4.98 Å². The van der Waals surface area contributed by atoms with Gasteiger partial charge in [0.1, 0.15) is 33.8 Å². The van der Waals surface area contributed by atoms with Crippen molar-refractivity contribution in [3.8, 4) is 28.7 Å². The average molecular weight is 541 g/mol. The topological polar surface area (TPSA) is 115 Å². The molecule has 0 amide bonds. The number of benzene rings is 4. The molecule has 1 heterocycles. The van der Waals surface area contributed by atoms with Gasteiger partial charge in [-0.15, -0.1) is 11.3 Å². The largest absolute Gasteiger partial charge is 0.508 e. The summed E-state index contributed by atoms with van der Waals surface area (Å²) in [6.07, 6.45) is 1.10. The number of ether oxygens (including phenoxy) is 2. The molecule has 39 heavy (non-hydrogen) atoms. The maximum Gasteiger partial charge on any atom is 0.176 e. The van der Waals surface area contributed by atoms with Crippen molar-refractivity contribution in [3.05, 3.63) is 107 Å². The van der Waals surface area contributed by atoms with Crippen molar-refractivity contribution in [2.24, 2.45) is 5.73 Å². The lowest BCUT2D eigenvalue weighted by Gasteiger charge is -2.17. The summed E-state index contributed by atoms with van der Waals surface area (Å²) in [6, 6.07) is 26.2. The Hall–Kier alpha value is -4.40. The SMILES string of the molecule is NCCCOc1ccccc1C(=O)C(Cc1ccc(O)cc1)c1nc2ccc(Oc3ccc(O)cc3)cc2s1. The summed E-state index contributed by atoms with van der Waals surface area (Å²) in [5.74, 6) is 1.44. The number of phenols is 2. The highest BCUT2D eigenvalue weighted by Crippen LogP contribution is 2.36. The van der Waals surface area contributed by atoms with E-state index >= 15 is 0 Å². The van der Waals surface area contributed by atoms with E-state index in [0.29, 0.717) is 53.8 Å². The highest BCUT2D eigenvalue weighted by molar-refractivity contribution is 7.18. The molecule has 0 fully saturated rings. The highest BCUT2D eigenvalue weighted by atomic mass is 32.1. The van der Waals surface area contributed by atoms with Crippen LogP contribution in [0.2, 0.25) is 0 Å². The second-order valence-corrected chi connectivity index (χ2v) is 10.1. The van der Waals surface area contributed by atoms with E-state index in [1.54, 1.807) is 48.5 Å². The number of fused-ring (bicyclic) bond motifs is 1. The molecule has 1 aromatic heterocycles. The molecule has 8 heteroatoms. The number of phenolic OH excluding ortho intramolecular Hbond substituents is 2. The first-order valence-electron chi connectivity index (χ1n) is 12.6. The number of carbonyl (C=O) groups is 1. The molecule has 0 bridgehead atoms. The third-order valence-corrected chi connectivity index (χ3v) is 7.33. The van der Waals surface area contributed by atoms with E-state index in [4.69, 9.17) is 20.2 Å². The van der Waals surface area contributed by atoms with Crippen LogP contribution < -0.4 is 15.2 Å². The molecule has 0 saturated carbocycles.